The zero-order chi connectivity index (χ0) is 15.6. The Labute approximate surface area is 148 Å². The molecule has 0 radical (unpaired) electrons. The number of hydrogen-bond donors (Lipinski definition) is 3. The molecule has 3 rings (SSSR count). The van der Waals surface area contributed by atoms with Crippen molar-refractivity contribution in [3.8, 4) is 5.75 Å². The van der Waals surface area contributed by atoms with E-state index in [4.69, 9.17) is 0 Å². The van der Waals surface area contributed by atoms with Crippen LogP contribution >= 0.6 is 28.3 Å². The zero-order valence-corrected chi connectivity index (χ0v) is 14.7. The number of carbonyl (C=O) groups excluding carboxylic acids is 1. The Morgan fingerprint density at radius 3 is 2.78 bits per heavy atom. The summed E-state index contributed by atoms with van der Waals surface area (Å²) in [4.78, 5) is 12.9. The van der Waals surface area contributed by atoms with E-state index in [1.165, 1.54) is 0 Å². The maximum atomic E-state index is 12.9. The molecule has 1 aromatic heterocycles. The lowest BCUT2D eigenvalue weighted by atomic mass is 9.87. The number of nitrogens with zero attached hydrogens (tertiary/aromatic N) is 2. The van der Waals surface area contributed by atoms with Crippen molar-refractivity contribution in [1.82, 2.24) is 15.1 Å². The summed E-state index contributed by atoms with van der Waals surface area (Å²) in [7, 11) is 0. The van der Waals surface area contributed by atoms with Crippen LogP contribution in [0.25, 0.3) is 0 Å². The third-order valence-electron chi connectivity index (χ3n) is 4.00. The number of aromatic hydroxyl groups is 1. The van der Waals surface area contributed by atoms with Crippen molar-refractivity contribution in [2.24, 2.45) is 0 Å². The van der Waals surface area contributed by atoms with Gasteiger partial charge in [-0.1, -0.05) is 15.9 Å². The van der Waals surface area contributed by atoms with Crippen molar-refractivity contribution in [3.63, 3.8) is 0 Å². The summed E-state index contributed by atoms with van der Waals surface area (Å²) in [6.45, 7) is 1.50. The molecule has 1 aliphatic heterocycles. The van der Waals surface area contributed by atoms with Crippen LogP contribution in [0.3, 0.4) is 0 Å². The first-order valence-electron chi connectivity index (χ1n) is 7.13. The molecule has 6 nitrogen and oxygen atoms in total. The van der Waals surface area contributed by atoms with Gasteiger partial charge in [0.25, 0.3) is 5.91 Å². The predicted octanol–water partition coefficient (Wildman–Crippen LogP) is 2.49. The third-order valence-corrected chi connectivity index (χ3v) is 4.50. The first-order valence-corrected chi connectivity index (χ1v) is 7.92. The summed E-state index contributed by atoms with van der Waals surface area (Å²) in [6, 6.07) is 6.76. The van der Waals surface area contributed by atoms with Crippen LogP contribution in [0, 0.1) is 0 Å². The van der Waals surface area contributed by atoms with Crippen molar-refractivity contribution in [1.29, 1.82) is 0 Å². The van der Waals surface area contributed by atoms with Crippen LogP contribution in [0.5, 0.6) is 5.75 Å². The van der Waals surface area contributed by atoms with Crippen molar-refractivity contribution in [2.45, 2.75) is 18.4 Å². The topological polar surface area (TPSA) is 79.2 Å². The number of piperidine rings is 1. The Hall–Kier alpha value is -1.57. The highest BCUT2D eigenvalue weighted by Gasteiger charge is 2.42. The second kappa shape index (κ2) is 7.33. The van der Waals surface area contributed by atoms with Gasteiger partial charge in [0.1, 0.15) is 11.3 Å². The fourth-order valence-corrected chi connectivity index (χ4v) is 3.13. The minimum Gasteiger partial charge on any atom is -0.506 e. The molecule has 0 saturated carbocycles. The zero-order valence-electron chi connectivity index (χ0n) is 12.3. The number of carbonyl (C=O) groups is 1. The molecular weight excluding hydrogens is 384 g/mol. The van der Waals surface area contributed by atoms with E-state index in [2.05, 4.69) is 31.7 Å². The van der Waals surface area contributed by atoms with E-state index in [0.717, 1.165) is 17.6 Å². The molecule has 0 bridgehead atoms. The van der Waals surface area contributed by atoms with Gasteiger partial charge in [-0.25, -0.2) is 0 Å². The number of rotatable bonds is 3. The van der Waals surface area contributed by atoms with Crippen molar-refractivity contribution in [2.75, 3.05) is 18.4 Å². The van der Waals surface area contributed by atoms with E-state index >= 15 is 0 Å². The number of halogens is 2. The molecule has 0 unspecified atom stereocenters. The molecule has 0 spiro atoms. The molecule has 3 N–H and O–H groups in total. The van der Waals surface area contributed by atoms with E-state index in [9.17, 15) is 9.90 Å². The van der Waals surface area contributed by atoms with Crippen LogP contribution in [0.4, 0.5) is 5.69 Å². The second-order valence-electron chi connectivity index (χ2n) is 5.35. The largest absolute Gasteiger partial charge is 0.506 e. The van der Waals surface area contributed by atoms with Gasteiger partial charge in [0.05, 0.1) is 5.69 Å². The monoisotopic (exact) mass is 400 g/mol. The minimum absolute atomic E-state index is 0. The van der Waals surface area contributed by atoms with Gasteiger partial charge >= 0.3 is 0 Å². The highest BCUT2D eigenvalue weighted by molar-refractivity contribution is 9.10. The number of anilines is 1. The molecule has 2 heterocycles. The number of aromatic nitrogens is 2. The average Bonchev–Trinajstić information content (AvgIpc) is 3.06. The van der Waals surface area contributed by atoms with E-state index < -0.39 is 5.54 Å². The van der Waals surface area contributed by atoms with Crippen LogP contribution < -0.4 is 10.6 Å². The highest BCUT2D eigenvalue weighted by Crippen LogP contribution is 2.32. The quantitative estimate of drug-likeness (QED) is 0.691. The Balaban J connectivity index is 0.00000192. The van der Waals surface area contributed by atoms with Crippen LogP contribution in [0.2, 0.25) is 0 Å². The molecular formula is C15H18BrClN4O2. The summed E-state index contributed by atoms with van der Waals surface area (Å²) in [6.07, 6.45) is 4.78. The Morgan fingerprint density at radius 1 is 1.39 bits per heavy atom. The van der Waals surface area contributed by atoms with E-state index in [-0.39, 0.29) is 24.1 Å². The molecule has 1 aliphatic rings. The highest BCUT2D eigenvalue weighted by atomic mass is 79.9. The molecule has 1 amide bonds. The third kappa shape index (κ3) is 3.52. The van der Waals surface area contributed by atoms with Crippen LogP contribution in [0.1, 0.15) is 12.8 Å². The maximum Gasteiger partial charge on any atom is 0.252 e. The smallest absolute Gasteiger partial charge is 0.252 e. The van der Waals surface area contributed by atoms with E-state index in [1.807, 2.05) is 12.3 Å². The molecule has 0 aliphatic carbocycles. The average molecular weight is 402 g/mol. The second-order valence-corrected chi connectivity index (χ2v) is 6.26. The lowest BCUT2D eigenvalue weighted by Crippen LogP contribution is -2.52. The molecule has 1 saturated heterocycles. The number of hydrogen-bond acceptors (Lipinski definition) is 4. The first-order chi connectivity index (χ1) is 10.6. The predicted molar refractivity (Wildman–Crippen MR) is 94.0 cm³/mol. The van der Waals surface area contributed by atoms with Gasteiger partial charge in [-0.2, -0.15) is 5.10 Å². The maximum absolute atomic E-state index is 12.9. The SMILES string of the molecule is Cl.O=C(Nc1cc(Br)ccc1O)C1(n2cccn2)CCNCC1. The lowest BCUT2D eigenvalue weighted by molar-refractivity contribution is -0.126. The van der Waals surface area contributed by atoms with Crippen molar-refractivity contribution in [3.05, 3.63) is 41.1 Å². The Morgan fingerprint density at radius 2 is 2.13 bits per heavy atom. The summed E-state index contributed by atoms with van der Waals surface area (Å²) < 4.78 is 2.51. The van der Waals surface area contributed by atoms with Crippen LogP contribution in [-0.4, -0.2) is 33.9 Å². The molecule has 2 aromatic rings. The number of phenols is 1. The van der Waals surface area contributed by atoms with Gasteiger partial charge in [0, 0.05) is 16.9 Å². The first kappa shape index (κ1) is 17.8. The number of phenolic OH excluding ortho intramolecular Hbond substituents is 1. The van der Waals surface area contributed by atoms with Gasteiger partial charge in [0.2, 0.25) is 0 Å². The summed E-state index contributed by atoms with van der Waals surface area (Å²) in [5.74, 6) is -0.118. The Bertz CT molecular complexity index is 672. The number of benzene rings is 1. The molecule has 0 atom stereocenters. The van der Waals surface area contributed by atoms with Gasteiger partial charge in [-0.15, -0.1) is 12.4 Å². The summed E-state index contributed by atoms with van der Waals surface area (Å²) in [5.41, 5.74) is -0.340. The van der Waals surface area contributed by atoms with Crippen molar-refractivity contribution >= 4 is 39.9 Å². The molecule has 8 heteroatoms. The van der Waals surface area contributed by atoms with E-state index in [0.29, 0.717) is 18.5 Å². The van der Waals surface area contributed by atoms with Gasteiger partial charge in [0.15, 0.2) is 0 Å². The fraction of sp³-hybridized carbons (Fsp3) is 0.333. The van der Waals surface area contributed by atoms with Gasteiger partial charge in [-0.05, 0) is 50.2 Å². The molecule has 1 fully saturated rings. The van der Waals surface area contributed by atoms with Gasteiger partial charge in [-0.3, -0.25) is 9.48 Å². The lowest BCUT2D eigenvalue weighted by Gasteiger charge is -2.36. The Kier molecular flexibility index (Phi) is 5.67. The standard InChI is InChI=1S/C15H17BrN4O2.ClH/c16-11-2-3-13(21)12(10-11)19-14(22)15(4-7-17-8-5-15)20-9-1-6-18-20;/h1-3,6,9-10,17,21H,4-5,7-8H2,(H,19,22);1H. The van der Waals surface area contributed by atoms with E-state index in [1.54, 1.807) is 29.1 Å². The fourth-order valence-electron chi connectivity index (χ4n) is 2.77. The molecule has 23 heavy (non-hydrogen) atoms. The molecule has 124 valence electrons. The number of amides is 1. The number of nitrogens with one attached hydrogen (secondary N) is 2. The molecule has 1 aromatic carbocycles. The van der Waals surface area contributed by atoms with Crippen LogP contribution in [0.15, 0.2) is 41.1 Å². The van der Waals surface area contributed by atoms with Crippen molar-refractivity contribution < 1.29 is 9.90 Å². The van der Waals surface area contributed by atoms with Crippen LogP contribution in [-0.2, 0) is 10.3 Å². The minimum atomic E-state index is -0.733. The normalized spacial score (nSPS) is 16.4. The van der Waals surface area contributed by atoms with Gasteiger partial charge < -0.3 is 15.7 Å². The summed E-state index contributed by atoms with van der Waals surface area (Å²) in [5, 5.41) is 20.3. The summed E-state index contributed by atoms with van der Waals surface area (Å²) >= 11 is 3.34.